The first-order valence-electron chi connectivity index (χ1n) is 9.82. The van der Waals surface area contributed by atoms with E-state index in [0.717, 1.165) is 64.0 Å². The summed E-state index contributed by atoms with van der Waals surface area (Å²) in [6.07, 6.45) is 10.3. The minimum atomic E-state index is -0.180. The van der Waals surface area contributed by atoms with Crippen LogP contribution in [0.15, 0.2) is 18.0 Å². The van der Waals surface area contributed by atoms with Crippen molar-refractivity contribution in [3.8, 4) is 0 Å². The minimum absolute atomic E-state index is 0.180. The van der Waals surface area contributed by atoms with Crippen LogP contribution in [-0.2, 0) is 16.8 Å². The predicted octanol–water partition coefficient (Wildman–Crippen LogP) is 2.85. The molecule has 25 heavy (non-hydrogen) atoms. The molecule has 1 aliphatic carbocycles. The molecule has 5 nitrogen and oxygen atoms in total. The van der Waals surface area contributed by atoms with Crippen LogP contribution in [0.3, 0.4) is 0 Å². The Kier molecular flexibility index (Phi) is 4.44. The Labute approximate surface area is 150 Å². The number of aromatic amines is 1. The lowest BCUT2D eigenvalue weighted by atomic mass is 9.76. The third-order valence-corrected chi connectivity index (χ3v) is 6.63. The summed E-state index contributed by atoms with van der Waals surface area (Å²) in [5, 5.41) is 0. The lowest BCUT2D eigenvalue weighted by molar-refractivity contribution is -0.149. The fraction of sp³-hybridized carbons (Fsp3) is 0.700. The van der Waals surface area contributed by atoms with E-state index in [1.54, 1.807) is 0 Å². The zero-order valence-electron chi connectivity index (χ0n) is 15.6. The number of piperidine rings is 1. The first-order chi connectivity index (χ1) is 12.1. The monoisotopic (exact) mass is 342 g/mol. The molecular formula is C20H30N4O. The topological polar surface area (TPSA) is 52.2 Å². The number of nitrogens with one attached hydrogen (secondary N) is 1. The zero-order valence-corrected chi connectivity index (χ0v) is 15.6. The highest BCUT2D eigenvalue weighted by Gasteiger charge is 2.50. The number of likely N-dealkylation sites (tertiary alicyclic amines) is 1. The Bertz CT molecular complexity index is 665. The second-order valence-corrected chi connectivity index (χ2v) is 8.04. The average Bonchev–Trinajstić information content (AvgIpc) is 3.05. The number of imidazole rings is 1. The Hall–Kier alpha value is -1.62. The van der Waals surface area contributed by atoms with Gasteiger partial charge in [0, 0.05) is 44.2 Å². The summed E-state index contributed by atoms with van der Waals surface area (Å²) in [6, 6.07) is 0. The molecule has 1 amide bonds. The van der Waals surface area contributed by atoms with E-state index in [0.29, 0.717) is 5.91 Å². The first-order valence-corrected chi connectivity index (χ1v) is 9.82. The number of carbonyl (C=O) groups excluding carboxylic acids is 1. The number of hydrogen-bond donors (Lipinski definition) is 1. The summed E-state index contributed by atoms with van der Waals surface area (Å²) in [7, 11) is 0. The second-order valence-electron chi connectivity index (χ2n) is 8.04. The van der Waals surface area contributed by atoms with E-state index in [-0.39, 0.29) is 11.5 Å². The van der Waals surface area contributed by atoms with E-state index in [4.69, 9.17) is 4.98 Å². The number of amides is 1. The van der Waals surface area contributed by atoms with Gasteiger partial charge in [-0.2, -0.15) is 0 Å². The van der Waals surface area contributed by atoms with Gasteiger partial charge in [-0.1, -0.05) is 18.1 Å². The van der Waals surface area contributed by atoms with Crippen molar-refractivity contribution in [2.75, 3.05) is 26.2 Å². The van der Waals surface area contributed by atoms with Crippen LogP contribution in [0.2, 0.25) is 0 Å². The van der Waals surface area contributed by atoms with Gasteiger partial charge in [0.15, 0.2) is 0 Å². The maximum absolute atomic E-state index is 13.2. The molecule has 2 aliphatic heterocycles. The first kappa shape index (κ1) is 16.8. The molecule has 0 aromatic carbocycles. The maximum Gasteiger partial charge on any atom is 0.226 e. The fourth-order valence-electron chi connectivity index (χ4n) is 4.71. The van der Waals surface area contributed by atoms with Crippen LogP contribution in [0.25, 0.3) is 0 Å². The van der Waals surface area contributed by atoms with E-state index >= 15 is 0 Å². The van der Waals surface area contributed by atoms with Crippen LogP contribution in [0.1, 0.15) is 57.3 Å². The standard InChI is InChI=1S/C20H30N4O/c1-3-15(2)13-23-11-8-20(9-12-23)18-17(21-14-22-18)7-10-24(20)19(25)16-5-4-6-16/h3,14,16H,4-13H2,1-2H3,(H,21,22). The number of allylic oxidation sites excluding steroid dienone is 1. The highest BCUT2D eigenvalue weighted by atomic mass is 16.2. The lowest BCUT2D eigenvalue weighted by Crippen LogP contribution is -2.60. The number of carbonyl (C=O) groups is 1. The molecule has 1 saturated carbocycles. The normalized spacial score (nSPS) is 24.2. The number of H-pyrrole nitrogens is 1. The molecule has 4 rings (SSSR count). The fourth-order valence-corrected chi connectivity index (χ4v) is 4.71. The van der Waals surface area contributed by atoms with Crippen LogP contribution >= 0.6 is 0 Å². The summed E-state index contributed by atoms with van der Waals surface area (Å²) < 4.78 is 0. The quantitative estimate of drug-likeness (QED) is 0.860. The Morgan fingerprint density at radius 2 is 2.12 bits per heavy atom. The van der Waals surface area contributed by atoms with E-state index in [1.165, 1.54) is 17.7 Å². The van der Waals surface area contributed by atoms with Crippen LogP contribution in [-0.4, -0.2) is 51.9 Å². The van der Waals surface area contributed by atoms with Gasteiger partial charge in [0.05, 0.1) is 17.6 Å². The Balaban J connectivity index is 1.58. The van der Waals surface area contributed by atoms with Gasteiger partial charge < -0.3 is 9.88 Å². The van der Waals surface area contributed by atoms with Gasteiger partial charge >= 0.3 is 0 Å². The number of nitrogens with zero attached hydrogens (tertiary/aromatic N) is 3. The third-order valence-electron chi connectivity index (χ3n) is 6.63. The van der Waals surface area contributed by atoms with Gasteiger partial charge in [0.1, 0.15) is 0 Å². The molecule has 1 saturated heterocycles. The molecule has 1 N–H and O–H groups in total. The molecule has 5 heteroatoms. The molecule has 1 aromatic heterocycles. The molecule has 136 valence electrons. The van der Waals surface area contributed by atoms with Crippen LogP contribution in [0.5, 0.6) is 0 Å². The molecule has 2 fully saturated rings. The van der Waals surface area contributed by atoms with Crippen molar-refractivity contribution in [1.29, 1.82) is 0 Å². The third kappa shape index (κ3) is 2.82. The lowest BCUT2D eigenvalue weighted by Gasteiger charge is -2.52. The van der Waals surface area contributed by atoms with E-state index in [9.17, 15) is 4.79 Å². The van der Waals surface area contributed by atoms with E-state index in [1.807, 2.05) is 6.33 Å². The van der Waals surface area contributed by atoms with Crippen molar-refractivity contribution >= 4 is 5.91 Å². The molecule has 3 aliphatic rings. The van der Waals surface area contributed by atoms with Crippen LogP contribution < -0.4 is 0 Å². The molecule has 1 spiro atoms. The molecule has 1 aromatic rings. The molecule has 0 bridgehead atoms. The van der Waals surface area contributed by atoms with E-state index < -0.39 is 0 Å². The van der Waals surface area contributed by atoms with Crippen molar-refractivity contribution in [2.45, 2.75) is 57.9 Å². The van der Waals surface area contributed by atoms with E-state index in [2.05, 4.69) is 34.7 Å². The number of fused-ring (bicyclic) bond motifs is 2. The van der Waals surface area contributed by atoms with Crippen molar-refractivity contribution in [3.05, 3.63) is 29.4 Å². The second kappa shape index (κ2) is 6.60. The Morgan fingerprint density at radius 1 is 1.36 bits per heavy atom. The molecule has 0 radical (unpaired) electrons. The maximum atomic E-state index is 13.2. The number of aromatic nitrogens is 2. The molecule has 0 unspecified atom stereocenters. The largest absolute Gasteiger partial charge is 0.348 e. The number of hydrogen-bond acceptors (Lipinski definition) is 3. The summed E-state index contributed by atoms with van der Waals surface area (Å²) in [4.78, 5) is 25.9. The number of rotatable bonds is 3. The van der Waals surface area contributed by atoms with Gasteiger partial charge in [-0.3, -0.25) is 9.69 Å². The molecular weight excluding hydrogens is 312 g/mol. The average molecular weight is 342 g/mol. The molecule has 3 heterocycles. The predicted molar refractivity (Wildman–Crippen MR) is 98.1 cm³/mol. The van der Waals surface area contributed by atoms with Gasteiger partial charge in [-0.15, -0.1) is 0 Å². The van der Waals surface area contributed by atoms with Crippen molar-refractivity contribution in [3.63, 3.8) is 0 Å². The molecule has 0 atom stereocenters. The van der Waals surface area contributed by atoms with Gasteiger partial charge in [0.2, 0.25) is 5.91 Å². The smallest absolute Gasteiger partial charge is 0.226 e. The highest BCUT2D eigenvalue weighted by Crippen LogP contribution is 2.44. The van der Waals surface area contributed by atoms with Crippen molar-refractivity contribution in [1.82, 2.24) is 19.8 Å². The van der Waals surface area contributed by atoms with Crippen LogP contribution in [0, 0.1) is 5.92 Å². The van der Waals surface area contributed by atoms with Gasteiger partial charge in [-0.05, 0) is 39.5 Å². The summed E-state index contributed by atoms with van der Waals surface area (Å²) in [6.45, 7) is 8.26. The summed E-state index contributed by atoms with van der Waals surface area (Å²) >= 11 is 0. The highest BCUT2D eigenvalue weighted by molar-refractivity contribution is 5.81. The van der Waals surface area contributed by atoms with Crippen molar-refractivity contribution < 1.29 is 4.79 Å². The van der Waals surface area contributed by atoms with Crippen LogP contribution in [0.4, 0.5) is 0 Å². The Morgan fingerprint density at radius 3 is 2.76 bits per heavy atom. The summed E-state index contributed by atoms with van der Waals surface area (Å²) in [5.74, 6) is 0.652. The zero-order chi connectivity index (χ0) is 17.4. The summed E-state index contributed by atoms with van der Waals surface area (Å²) in [5.41, 5.74) is 3.63. The van der Waals surface area contributed by atoms with Gasteiger partial charge in [0.25, 0.3) is 0 Å². The van der Waals surface area contributed by atoms with Gasteiger partial charge in [-0.25, -0.2) is 4.98 Å². The minimum Gasteiger partial charge on any atom is -0.348 e. The van der Waals surface area contributed by atoms with Crippen molar-refractivity contribution in [2.24, 2.45) is 5.92 Å². The SMILES string of the molecule is CC=C(C)CN1CCC2(CC1)c1nc[nH]c1CCN2C(=O)C1CCC1.